The minimum Gasteiger partial charge on any atom is -0.790 e. The summed E-state index contributed by atoms with van der Waals surface area (Å²) in [6.07, 6.45) is -6.77. The first kappa shape index (κ1) is 69.7. The quantitative estimate of drug-likeness (QED) is 0.160. The smallest absolute Gasteiger partial charge is 0.790 e. The third-order valence-corrected chi connectivity index (χ3v) is 2.74. The molecule has 0 radical (unpaired) electrons. The molecule has 0 heterocycles. The molecule has 0 aliphatic rings. The summed E-state index contributed by atoms with van der Waals surface area (Å²) in [4.78, 5) is 49.6. The van der Waals surface area contributed by atoms with Crippen LogP contribution in [-0.2, 0) is 23.0 Å². The number of carbonyl (C=O) groups is 1. The Balaban J connectivity index is -0.0000000401. The van der Waals surface area contributed by atoms with Crippen molar-refractivity contribution in [3.05, 3.63) is 0 Å². The number of hydrogen-bond donors (Lipinski definition) is 4. The number of aliphatic hydroxyl groups is 3. The van der Waals surface area contributed by atoms with Crippen LogP contribution in [0.15, 0.2) is 0 Å². The maximum atomic E-state index is 11.1. The molecule has 1 unspecified atom stereocenters. The molecule has 0 rings (SSSR count). The maximum absolute atomic E-state index is 11.1. The fourth-order valence-electron chi connectivity index (χ4n) is 0.898. The summed E-state index contributed by atoms with van der Waals surface area (Å²) in [5, 5.41) is 27.5. The zero-order valence-electron chi connectivity index (χ0n) is 15.6. The van der Waals surface area contributed by atoms with E-state index in [2.05, 4.69) is 9.05 Å². The van der Waals surface area contributed by atoms with Crippen molar-refractivity contribution >= 4 is 21.4 Å². The zero-order valence-corrected chi connectivity index (χ0v) is 21.4. The zero-order chi connectivity index (χ0) is 16.1. The fraction of sp³-hybridized carbons (Fsp3) is 0.833. The molecule has 0 saturated heterocycles. The predicted molar refractivity (Wildman–Crippen MR) is 81.3 cm³/mol. The van der Waals surface area contributed by atoms with Crippen molar-refractivity contribution in [1.29, 1.82) is 0 Å². The average molecular weight is 527 g/mol. The van der Waals surface area contributed by atoms with Gasteiger partial charge < -0.3 is 92.3 Å². The topological polar surface area (TPSA) is 472 Å². The third-order valence-electron chi connectivity index (χ3n) is 1.82. The van der Waals surface area contributed by atoms with E-state index in [0.29, 0.717) is 0 Å². The summed E-state index contributed by atoms with van der Waals surface area (Å²) >= 11 is 0. The molecule has 24 heteroatoms. The molecule has 0 aromatic heterocycles. The van der Waals surface area contributed by atoms with Crippen LogP contribution >= 0.6 is 15.6 Å². The maximum Gasteiger partial charge on any atom is 1.00 e. The van der Waals surface area contributed by atoms with Gasteiger partial charge >= 0.3 is 59.1 Å². The molecule has 184 valence electrons. The normalized spacial score (nSPS) is 13.3. The number of hydrogen-bond acceptors (Lipinski definition) is 11. The molecule has 0 fully saturated rings. The van der Waals surface area contributed by atoms with Crippen molar-refractivity contribution in [1.82, 2.24) is 0 Å². The molecule has 0 aliphatic heterocycles. The molecule has 30 heavy (non-hydrogen) atoms. The number of aliphatic hydroxyl groups excluding tert-OH is 3. The van der Waals surface area contributed by atoms with E-state index in [4.69, 9.17) is 10.00 Å². The Morgan fingerprint density at radius 3 is 1.40 bits per heavy atom. The number of Topliss-reactive ketones (excluding diaryl/α,β-unsaturated/α-hetero) is 1. The number of phosphoric ester groups is 2. The van der Waals surface area contributed by atoms with Gasteiger partial charge in [-0.2, -0.15) is 0 Å². The van der Waals surface area contributed by atoms with Crippen LogP contribution in [-0.4, -0.2) is 101 Å². The van der Waals surface area contributed by atoms with E-state index in [0.717, 1.165) is 0 Å². The summed E-state index contributed by atoms with van der Waals surface area (Å²) in [6.45, 7) is -2.55. The van der Waals surface area contributed by atoms with Crippen LogP contribution in [0.5, 0.6) is 0 Å². The molecule has 0 aliphatic carbocycles. The Bertz CT molecular complexity index is 426. The first-order valence-corrected chi connectivity index (χ1v) is 7.71. The second-order valence-corrected chi connectivity index (χ2v) is 5.80. The standard InChI is InChI=1S/C6H14O12P2.2Na.8H2O/c7-3(1-17-19(11,12)13)5(9)6(10)4(8)2-18-20(14,15)16;;;;;;;;;;/h3,5-7,9-10H,1-2H2,(H2,11,12,13)(H2,14,15,16);;;8*1H2/q;2*+1;;;;;;;;/p-3/t3-,5-,6-;;;;;;;;;;/m1........../s1. The van der Waals surface area contributed by atoms with E-state index in [1.807, 2.05) is 0 Å². The second-order valence-electron chi connectivity index (χ2n) is 3.45. The van der Waals surface area contributed by atoms with Crippen LogP contribution in [0, 0.1) is 0 Å². The van der Waals surface area contributed by atoms with Gasteiger partial charge in [-0.05, 0) is 0 Å². The summed E-state index contributed by atoms with van der Waals surface area (Å²) in [6, 6.07) is 0. The van der Waals surface area contributed by atoms with Crippen LogP contribution in [0.2, 0.25) is 0 Å². The Hall–Kier alpha value is 1.45. The second kappa shape index (κ2) is 30.4. The minimum atomic E-state index is -5.42. The van der Waals surface area contributed by atoms with E-state index in [9.17, 15) is 38.8 Å². The van der Waals surface area contributed by atoms with Crippen molar-refractivity contribution in [2.24, 2.45) is 0 Å². The third kappa shape index (κ3) is 36.8. The van der Waals surface area contributed by atoms with Crippen molar-refractivity contribution in [2.45, 2.75) is 18.3 Å². The van der Waals surface area contributed by atoms with Crippen LogP contribution in [0.1, 0.15) is 0 Å². The molecular weight excluding hydrogens is 500 g/mol. The van der Waals surface area contributed by atoms with E-state index in [-0.39, 0.29) is 103 Å². The van der Waals surface area contributed by atoms with Gasteiger partial charge in [0.05, 0.1) is 14.4 Å². The molecule has 0 bridgehead atoms. The van der Waals surface area contributed by atoms with Crippen LogP contribution in [0.4, 0.5) is 0 Å². The Kier molecular flexibility index (Phi) is 70.8. The van der Waals surface area contributed by atoms with Gasteiger partial charge in [0.15, 0.2) is 5.78 Å². The van der Waals surface area contributed by atoms with E-state index >= 15 is 0 Å². The van der Waals surface area contributed by atoms with Gasteiger partial charge in [-0.1, -0.05) is 0 Å². The summed E-state index contributed by atoms with van der Waals surface area (Å²) in [7, 11) is -10.6. The molecule has 0 spiro atoms. The van der Waals surface area contributed by atoms with Gasteiger partial charge in [0.2, 0.25) is 0 Å². The Morgan fingerprint density at radius 1 is 0.800 bits per heavy atom. The first-order valence-electron chi connectivity index (χ1n) is 4.75. The number of phosphoric acid groups is 2. The van der Waals surface area contributed by atoms with E-state index in [1.54, 1.807) is 0 Å². The average Bonchev–Trinajstić information content (AvgIpc) is 2.29. The predicted octanol–water partition coefficient (Wildman–Crippen LogP) is -17.6. The van der Waals surface area contributed by atoms with Crippen molar-refractivity contribution in [3.8, 4) is 0 Å². The molecule has 0 aromatic carbocycles. The van der Waals surface area contributed by atoms with Crippen LogP contribution < -0.4 is 73.8 Å². The van der Waals surface area contributed by atoms with Crippen LogP contribution in [0.3, 0.4) is 0 Å². The number of rotatable bonds is 9. The SMILES string of the molecule is O.O.O.O.O.O.O.O.O=C(COP(=O)([O-])O)[C@@H](O)[C@H](O)[C@H](O)COP(=O)([O-])[O-].[Na+].[Na+]. The fourth-order valence-corrected chi connectivity index (χ4v) is 1.52. The van der Waals surface area contributed by atoms with E-state index < -0.39 is 53.0 Å². The largest absolute Gasteiger partial charge is 1.00 e. The van der Waals surface area contributed by atoms with Gasteiger partial charge in [0.1, 0.15) is 24.9 Å². The van der Waals surface area contributed by atoms with Crippen molar-refractivity contribution in [2.75, 3.05) is 13.2 Å². The van der Waals surface area contributed by atoms with Gasteiger partial charge in [0.25, 0.3) is 7.82 Å². The first-order chi connectivity index (χ1) is 8.83. The van der Waals surface area contributed by atoms with E-state index in [1.165, 1.54) is 0 Å². The van der Waals surface area contributed by atoms with Crippen molar-refractivity contribution in [3.63, 3.8) is 0 Å². The Labute approximate surface area is 212 Å². The van der Waals surface area contributed by atoms with Crippen molar-refractivity contribution < 1.29 is 161 Å². The molecule has 20 nitrogen and oxygen atoms in total. The summed E-state index contributed by atoms with van der Waals surface area (Å²) in [5.41, 5.74) is 0. The molecule has 0 aromatic rings. The number of carbonyl (C=O) groups excluding carboxylic acids is 1. The van der Waals surface area contributed by atoms with Gasteiger partial charge in [-0.3, -0.25) is 9.36 Å². The minimum absolute atomic E-state index is 0. The molecular formula is C6H27Na2O20P2-. The molecule has 0 amide bonds. The molecule has 20 N–H and O–H groups in total. The molecule has 0 saturated carbocycles. The summed E-state index contributed by atoms with van der Waals surface area (Å²) < 4.78 is 27.5. The Morgan fingerprint density at radius 2 is 1.13 bits per heavy atom. The monoisotopic (exact) mass is 527 g/mol. The van der Waals surface area contributed by atoms with Gasteiger partial charge in [-0.15, -0.1) is 0 Å². The summed E-state index contributed by atoms with van der Waals surface area (Å²) in [5.74, 6) is -1.44. The van der Waals surface area contributed by atoms with Crippen LogP contribution in [0.25, 0.3) is 0 Å². The molecule has 4 atom stereocenters. The van der Waals surface area contributed by atoms with Gasteiger partial charge in [0, 0.05) is 0 Å². The van der Waals surface area contributed by atoms with Gasteiger partial charge in [-0.25, -0.2) is 0 Å². The number of ketones is 1.